The maximum absolute atomic E-state index is 12.1. The standard InChI is InChI=1S/C16H24N2O2/c1-13-3-5-14(6-4-13)18(2)16(19)9-12-20-15-7-10-17-11-8-15/h3-6,15,17H,7-12H2,1-2H3. The van der Waals surface area contributed by atoms with Crippen molar-refractivity contribution in [3.8, 4) is 0 Å². The van der Waals surface area contributed by atoms with Crippen molar-refractivity contribution >= 4 is 11.6 Å². The second kappa shape index (κ2) is 7.41. The van der Waals surface area contributed by atoms with E-state index in [1.807, 2.05) is 38.2 Å². The van der Waals surface area contributed by atoms with Gasteiger partial charge in [0.25, 0.3) is 0 Å². The summed E-state index contributed by atoms with van der Waals surface area (Å²) in [6, 6.07) is 7.98. The number of ether oxygens (including phenoxy) is 1. The summed E-state index contributed by atoms with van der Waals surface area (Å²) in [6.45, 7) is 4.59. The maximum atomic E-state index is 12.1. The lowest BCUT2D eigenvalue weighted by Gasteiger charge is -2.23. The molecule has 2 rings (SSSR count). The molecule has 1 aromatic carbocycles. The first kappa shape index (κ1) is 15.0. The SMILES string of the molecule is Cc1ccc(N(C)C(=O)CCOC2CCNCC2)cc1. The van der Waals surface area contributed by atoms with Gasteiger partial charge in [0.15, 0.2) is 0 Å². The molecule has 0 bridgehead atoms. The van der Waals surface area contributed by atoms with E-state index >= 15 is 0 Å². The van der Waals surface area contributed by atoms with Gasteiger partial charge in [0.05, 0.1) is 19.1 Å². The van der Waals surface area contributed by atoms with E-state index in [-0.39, 0.29) is 5.91 Å². The highest BCUT2D eigenvalue weighted by atomic mass is 16.5. The zero-order valence-corrected chi connectivity index (χ0v) is 12.4. The van der Waals surface area contributed by atoms with Crippen molar-refractivity contribution in [3.05, 3.63) is 29.8 Å². The van der Waals surface area contributed by atoms with Gasteiger partial charge in [-0.2, -0.15) is 0 Å². The third kappa shape index (κ3) is 4.32. The molecule has 0 atom stereocenters. The number of anilines is 1. The second-order valence-electron chi connectivity index (χ2n) is 5.36. The van der Waals surface area contributed by atoms with E-state index in [9.17, 15) is 4.79 Å². The van der Waals surface area contributed by atoms with Gasteiger partial charge in [0.1, 0.15) is 0 Å². The Bertz CT molecular complexity index is 425. The van der Waals surface area contributed by atoms with Crippen LogP contribution >= 0.6 is 0 Å². The summed E-state index contributed by atoms with van der Waals surface area (Å²) in [5, 5.41) is 3.30. The van der Waals surface area contributed by atoms with Gasteiger partial charge in [-0.05, 0) is 45.0 Å². The fourth-order valence-corrected chi connectivity index (χ4v) is 2.36. The van der Waals surface area contributed by atoms with E-state index in [4.69, 9.17) is 4.74 Å². The molecule has 4 heteroatoms. The Morgan fingerprint density at radius 2 is 1.95 bits per heavy atom. The first-order chi connectivity index (χ1) is 9.66. The highest BCUT2D eigenvalue weighted by Crippen LogP contribution is 2.15. The van der Waals surface area contributed by atoms with Gasteiger partial charge in [0, 0.05) is 12.7 Å². The molecule has 1 heterocycles. The van der Waals surface area contributed by atoms with Crippen molar-refractivity contribution in [2.24, 2.45) is 0 Å². The summed E-state index contributed by atoms with van der Waals surface area (Å²) in [4.78, 5) is 13.8. The van der Waals surface area contributed by atoms with Crippen LogP contribution < -0.4 is 10.2 Å². The average molecular weight is 276 g/mol. The molecule has 0 unspecified atom stereocenters. The minimum Gasteiger partial charge on any atom is -0.378 e. The van der Waals surface area contributed by atoms with Crippen LogP contribution in [0.4, 0.5) is 5.69 Å². The fraction of sp³-hybridized carbons (Fsp3) is 0.562. The van der Waals surface area contributed by atoms with Crippen LogP contribution in [0.1, 0.15) is 24.8 Å². The minimum atomic E-state index is 0.0998. The number of hydrogen-bond donors (Lipinski definition) is 1. The van der Waals surface area contributed by atoms with Gasteiger partial charge in [-0.3, -0.25) is 4.79 Å². The second-order valence-corrected chi connectivity index (χ2v) is 5.36. The Balaban J connectivity index is 1.74. The molecule has 0 saturated carbocycles. The number of rotatable bonds is 5. The monoisotopic (exact) mass is 276 g/mol. The van der Waals surface area contributed by atoms with Crippen molar-refractivity contribution < 1.29 is 9.53 Å². The number of nitrogens with one attached hydrogen (secondary N) is 1. The zero-order valence-electron chi connectivity index (χ0n) is 12.4. The van der Waals surface area contributed by atoms with Gasteiger partial charge in [-0.15, -0.1) is 0 Å². The van der Waals surface area contributed by atoms with Crippen molar-refractivity contribution in [3.63, 3.8) is 0 Å². The summed E-state index contributed by atoms with van der Waals surface area (Å²) < 4.78 is 5.77. The molecule has 0 aromatic heterocycles. The Morgan fingerprint density at radius 3 is 2.60 bits per heavy atom. The van der Waals surface area contributed by atoms with Crippen LogP contribution in [0.3, 0.4) is 0 Å². The van der Waals surface area contributed by atoms with Gasteiger partial charge in [-0.25, -0.2) is 0 Å². The summed E-state index contributed by atoms with van der Waals surface area (Å²) in [6.07, 6.45) is 2.84. The topological polar surface area (TPSA) is 41.6 Å². The van der Waals surface area contributed by atoms with E-state index in [1.54, 1.807) is 4.90 Å². The van der Waals surface area contributed by atoms with Crippen molar-refractivity contribution in [1.82, 2.24) is 5.32 Å². The normalized spacial score (nSPS) is 16.1. The van der Waals surface area contributed by atoms with E-state index in [0.29, 0.717) is 19.1 Å². The average Bonchev–Trinajstić information content (AvgIpc) is 2.48. The Labute approximate surface area is 121 Å². The summed E-state index contributed by atoms with van der Waals surface area (Å²) >= 11 is 0. The van der Waals surface area contributed by atoms with Crippen LogP contribution in [-0.2, 0) is 9.53 Å². The number of aryl methyl sites for hydroxylation is 1. The van der Waals surface area contributed by atoms with Crippen LogP contribution in [0.25, 0.3) is 0 Å². The number of piperidine rings is 1. The van der Waals surface area contributed by atoms with Crippen molar-refractivity contribution in [2.45, 2.75) is 32.3 Å². The summed E-state index contributed by atoms with van der Waals surface area (Å²) in [5.41, 5.74) is 2.13. The largest absolute Gasteiger partial charge is 0.378 e. The summed E-state index contributed by atoms with van der Waals surface area (Å²) in [5.74, 6) is 0.0998. The molecule has 1 aliphatic heterocycles. The molecule has 1 amide bonds. The number of hydrogen-bond acceptors (Lipinski definition) is 3. The molecular weight excluding hydrogens is 252 g/mol. The van der Waals surface area contributed by atoms with Crippen LogP contribution in [0.15, 0.2) is 24.3 Å². The highest BCUT2D eigenvalue weighted by molar-refractivity contribution is 5.92. The van der Waals surface area contributed by atoms with Crippen LogP contribution in [0.5, 0.6) is 0 Å². The van der Waals surface area contributed by atoms with E-state index in [2.05, 4.69) is 5.32 Å². The summed E-state index contributed by atoms with van der Waals surface area (Å²) in [7, 11) is 1.82. The Hall–Kier alpha value is -1.39. The Morgan fingerprint density at radius 1 is 1.30 bits per heavy atom. The van der Waals surface area contributed by atoms with Crippen molar-refractivity contribution in [1.29, 1.82) is 0 Å². The smallest absolute Gasteiger partial charge is 0.229 e. The fourth-order valence-electron chi connectivity index (χ4n) is 2.36. The molecular formula is C16H24N2O2. The lowest BCUT2D eigenvalue weighted by molar-refractivity contribution is -0.120. The molecule has 1 fully saturated rings. The third-order valence-electron chi connectivity index (χ3n) is 3.75. The molecule has 0 aliphatic carbocycles. The zero-order chi connectivity index (χ0) is 14.4. The number of carbonyl (C=O) groups excluding carboxylic acids is 1. The first-order valence-electron chi connectivity index (χ1n) is 7.32. The molecule has 1 aromatic rings. The number of benzene rings is 1. The number of amides is 1. The lowest BCUT2D eigenvalue weighted by atomic mass is 10.1. The molecule has 110 valence electrons. The van der Waals surface area contributed by atoms with Gasteiger partial charge >= 0.3 is 0 Å². The maximum Gasteiger partial charge on any atom is 0.229 e. The van der Waals surface area contributed by atoms with Crippen LogP contribution in [0, 0.1) is 6.92 Å². The van der Waals surface area contributed by atoms with Crippen LogP contribution in [-0.4, -0.2) is 38.8 Å². The molecule has 0 radical (unpaired) electrons. The lowest BCUT2D eigenvalue weighted by Crippen LogP contribution is -2.33. The molecule has 1 aliphatic rings. The van der Waals surface area contributed by atoms with Crippen molar-refractivity contribution in [2.75, 3.05) is 31.6 Å². The minimum absolute atomic E-state index is 0.0998. The molecule has 1 saturated heterocycles. The number of carbonyl (C=O) groups is 1. The van der Waals surface area contributed by atoms with Gasteiger partial charge in [0.2, 0.25) is 5.91 Å². The third-order valence-corrected chi connectivity index (χ3v) is 3.75. The molecule has 1 N–H and O–H groups in total. The van der Waals surface area contributed by atoms with Gasteiger partial charge < -0.3 is 15.0 Å². The van der Waals surface area contributed by atoms with E-state index in [1.165, 1.54) is 5.56 Å². The Kier molecular flexibility index (Phi) is 5.56. The number of nitrogens with zero attached hydrogens (tertiary/aromatic N) is 1. The van der Waals surface area contributed by atoms with E-state index < -0.39 is 0 Å². The van der Waals surface area contributed by atoms with E-state index in [0.717, 1.165) is 31.6 Å². The first-order valence-corrected chi connectivity index (χ1v) is 7.32. The highest BCUT2D eigenvalue weighted by Gasteiger charge is 2.15. The quantitative estimate of drug-likeness (QED) is 0.895. The van der Waals surface area contributed by atoms with Crippen LogP contribution in [0.2, 0.25) is 0 Å². The molecule has 0 spiro atoms. The molecule has 4 nitrogen and oxygen atoms in total. The predicted octanol–water partition coefficient (Wildman–Crippen LogP) is 2.12. The van der Waals surface area contributed by atoms with Gasteiger partial charge in [-0.1, -0.05) is 17.7 Å². The predicted molar refractivity (Wildman–Crippen MR) is 81.0 cm³/mol. The molecule has 20 heavy (non-hydrogen) atoms.